The fourth-order valence-electron chi connectivity index (χ4n) is 2.29. The predicted molar refractivity (Wildman–Crippen MR) is 92.3 cm³/mol. The van der Waals surface area contributed by atoms with Crippen LogP contribution >= 0.6 is 0 Å². The Labute approximate surface area is 133 Å². The van der Waals surface area contributed by atoms with Crippen molar-refractivity contribution in [3.05, 3.63) is 12.3 Å². The van der Waals surface area contributed by atoms with Gasteiger partial charge in [-0.15, -0.1) is 0 Å². The Balaban J connectivity index is 3.16. The van der Waals surface area contributed by atoms with E-state index in [9.17, 15) is 0 Å². The zero-order chi connectivity index (χ0) is 15.8. The van der Waals surface area contributed by atoms with Crippen LogP contribution in [0.2, 0.25) is 0 Å². The molecule has 0 aliphatic carbocycles. The summed E-state index contributed by atoms with van der Waals surface area (Å²) >= 11 is 0. The third-order valence-electron chi connectivity index (χ3n) is 3.73. The van der Waals surface area contributed by atoms with E-state index in [1.165, 1.54) is 57.8 Å². The van der Waals surface area contributed by atoms with Gasteiger partial charge < -0.3 is 9.47 Å². The number of hydrogen-bond acceptors (Lipinski definition) is 2. The van der Waals surface area contributed by atoms with E-state index in [-0.39, 0.29) is 0 Å². The molecule has 0 radical (unpaired) electrons. The van der Waals surface area contributed by atoms with Crippen LogP contribution in [0, 0.1) is 5.92 Å². The summed E-state index contributed by atoms with van der Waals surface area (Å²) < 4.78 is 11.0. The third-order valence-corrected chi connectivity index (χ3v) is 3.73. The Morgan fingerprint density at radius 2 is 1.57 bits per heavy atom. The summed E-state index contributed by atoms with van der Waals surface area (Å²) in [5.74, 6) is 1.72. The van der Waals surface area contributed by atoms with Crippen LogP contribution in [0.25, 0.3) is 0 Å². The van der Waals surface area contributed by atoms with Crippen molar-refractivity contribution in [2.75, 3.05) is 13.4 Å². The van der Waals surface area contributed by atoms with Crippen molar-refractivity contribution >= 4 is 0 Å². The number of unbranched alkanes of at least 4 members (excludes halogenated alkanes) is 7. The van der Waals surface area contributed by atoms with E-state index >= 15 is 0 Å². The van der Waals surface area contributed by atoms with Crippen LogP contribution in [0.4, 0.5) is 0 Å². The van der Waals surface area contributed by atoms with Crippen LogP contribution in [0.3, 0.4) is 0 Å². The second-order valence-electron chi connectivity index (χ2n) is 6.47. The van der Waals surface area contributed by atoms with Gasteiger partial charge in [-0.3, -0.25) is 0 Å². The van der Waals surface area contributed by atoms with Crippen molar-refractivity contribution in [3.63, 3.8) is 0 Å². The molecule has 0 saturated carbocycles. The van der Waals surface area contributed by atoms with Gasteiger partial charge in [0, 0.05) is 6.42 Å². The molecule has 0 unspecified atom stereocenters. The van der Waals surface area contributed by atoms with Gasteiger partial charge >= 0.3 is 0 Å². The van der Waals surface area contributed by atoms with Gasteiger partial charge in [-0.1, -0.05) is 78.7 Å². The summed E-state index contributed by atoms with van der Waals surface area (Å²) in [5, 5.41) is 0. The first-order valence-corrected chi connectivity index (χ1v) is 9.05. The standard InChI is InChI=1S/C19H38O2/c1-5-6-7-10-13-16-20-17-21-19(4)15-12-9-8-11-14-18(2)3/h18H,4-17H2,1-3H3. The Kier molecular flexibility index (Phi) is 15.5. The van der Waals surface area contributed by atoms with Crippen LogP contribution in [0.15, 0.2) is 12.3 Å². The van der Waals surface area contributed by atoms with E-state index in [0.29, 0.717) is 6.79 Å². The molecule has 0 spiro atoms. The van der Waals surface area contributed by atoms with E-state index in [2.05, 4.69) is 27.4 Å². The molecule has 0 bridgehead atoms. The molecule has 0 rings (SSSR count). The van der Waals surface area contributed by atoms with E-state index < -0.39 is 0 Å². The molecule has 0 N–H and O–H groups in total. The van der Waals surface area contributed by atoms with E-state index in [1.54, 1.807) is 0 Å². The molecular weight excluding hydrogens is 260 g/mol. The van der Waals surface area contributed by atoms with Gasteiger partial charge in [-0.25, -0.2) is 0 Å². The minimum absolute atomic E-state index is 0.375. The lowest BCUT2D eigenvalue weighted by molar-refractivity contribution is -0.0266. The fourth-order valence-corrected chi connectivity index (χ4v) is 2.29. The molecule has 0 fully saturated rings. The van der Waals surface area contributed by atoms with Crippen molar-refractivity contribution in [2.45, 2.75) is 91.4 Å². The normalized spacial score (nSPS) is 11.0. The molecule has 0 heterocycles. The molecule has 2 nitrogen and oxygen atoms in total. The summed E-state index contributed by atoms with van der Waals surface area (Å²) in [6.45, 7) is 12.0. The highest BCUT2D eigenvalue weighted by Gasteiger charge is 1.98. The Bertz CT molecular complexity index is 224. The number of hydrogen-bond donors (Lipinski definition) is 0. The molecule has 0 aliphatic heterocycles. The molecule has 0 atom stereocenters. The summed E-state index contributed by atoms with van der Waals surface area (Å²) in [6.07, 6.45) is 13.9. The maximum absolute atomic E-state index is 5.50. The van der Waals surface area contributed by atoms with Crippen LogP contribution in [-0.4, -0.2) is 13.4 Å². The summed E-state index contributed by atoms with van der Waals surface area (Å²) in [5.41, 5.74) is 0. The number of allylic oxidation sites excluding steroid dienone is 1. The van der Waals surface area contributed by atoms with Gasteiger partial charge in [-0.05, 0) is 18.8 Å². The molecule has 0 saturated heterocycles. The highest BCUT2D eigenvalue weighted by Crippen LogP contribution is 2.13. The lowest BCUT2D eigenvalue weighted by atomic mass is 10.0. The van der Waals surface area contributed by atoms with Crippen LogP contribution in [0.1, 0.15) is 91.4 Å². The average Bonchev–Trinajstić information content (AvgIpc) is 2.45. The molecule has 0 amide bonds. The predicted octanol–water partition coefficient (Wildman–Crippen LogP) is 6.46. The minimum atomic E-state index is 0.375. The summed E-state index contributed by atoms with van der Waals surface area (Å²) in [7, 11) is 0. The van der Waals surface area contributed by atoms with Gasteiger partial charge in [0.15, 0.2) is 6.79 Å². The first-order chi connectivity index (χ1) is 10.2. The Hall–Kier alpha value is -0.500. The Morgan fingerprint density at radius 1 is 0.905 bits per heavy atom. The molecule has 2 heteroatoms. The fraction of sp³-hybridized carbons (Fsp3) is 0.895. The van der Waals surface area contributed by atoms with Gasteiger partial charge in [-0.2, -0.15) is 0 Å². The van der Waals surface area contributed by atoms with Crippen LogP contribution in [0.5, 0.6) is 0 Å². The smallest absolute Gasteiger partial charge is 0.188 e. The van der Waals surface area contributed by atoms with Crippen molar-refractivity contribution in [1.82, 2.24) is 0 Å². The first kappa shape index (κ1) is 20.5. The van der Waals surface area contributed by atoms with E-state index in [0.717, 1.165) is 31.1 Å². The van der Waals surface area contributed by atoms with Crippen molar-refractivity contribution in [2.24, 2.45) is 5.92 Å². The lowest BCUT2D eigenvalue weighted by Gasteiger charge is -2.10. The number of rotatable bonds is 16. The molecule has 126 valence electrons. The topological polar surface area (TPSA) is 18.5 Å². The second kappa shape index (κ2) is 15.9. The monoisotopic (exact) mass is 298 g/mol. The van der Waals surface area contributed by atoms with Crippen LogP contribution in [-0.2, 0) is 9.47 Å². The van der Waals surface area contributed by atoms with Crippen molar-refractivity contribution < 1.29 is 9.47 Å². The van der Waals surface area contributed by atoms with Crippen LogP contribution < -0.4 is 0 Å². The minimum Gasteiger partial charge on any atom is -0.473 e. The molecule has 0 aliphatic rings. The molecule has 21 heavy (non-hydrogen) atoms. The van der Waals surface area contributed by atoms with Gasteiger partial charge in [0.1, 0.15) is 0 Å². The molecular formula is C19H38O2. The molecule has 0 aromatic heterocycles. The van der Waals surface area contributed by atoms with E-state index in [1.807, 2.05) is 0 Å². The van der Waals surface area contributed by atoms with Gasteiger partial charge in [0.25, 0.3) is 0 Å². The highest BCUT2D eigenvalue weighted by molar-refractivity contribution is 4.81. The largest absolute Gasteiger partial charge is 0.473 e. The van der Waals surface area contributed by atoms with Gasteiger partial charge in [0.05, 0.1) is 12.4 Å². The summed E-state index contributed by atoms with van der Waals surface area (Å²) in [6, 6.07) is 0. The third kappa shape index (κ3) is 17.4. The zero-order valence-corrected chi connectivity index (χ0v) is 14.8. The van der Waals surface area contributed by atoms with Gasteiger partial charge in [0.2, 0.25) is 0 Å². The van der Waals surface area contributed by atoms with E-state index in [4.69, 9.17) is 9.47 Å². The zero-order valence-electron chi connectivity index (χ0n) is 14.8. The second-order valence-corrected chi connectivity index (χ2v) is 6.47. The lowest BCUT2D eigenvalue weighted by Crippen LogP contribution is -2.01. The number of ether oxygens (including phenoxy) is 2. The van der Waals surface area contributed by atoms with Crippen molar-refractivity contribution in [1.29, 1.82) is 0 Å². The molecule has 0 aromatic carbocycles. The Morgan fingerprint density at radius 3 is 2.29 bits per heavy atom. The SMILES string of the molecule is C=C(CCCCCCC(C)C)OCOCCCCCCC. The maximum atomic E-state index is 5.50. The quantitative estimate of drug-likeness (QED) is 0.185. The summed E-state index contributed by atoms with van der Waals surface area (Å²) in [4.78, 5) is 0. The molecule has 0 aromatic rings. The first-order valence-electron chi connectivity index (χ1n) is 9.05. The maximum Gasteiger partial charge on any atom is 0.188 e. The average molecular weight is 299 g/mol. The highest BCUT2D eigenvalue weighted by atomic mass is 16.7. The van der Waals surface area contributed by atoms with Crippen molar-refractivity contribution in [3.8, 4) is 0 Å².